The van der Waals surface area contributed by atoms with Crippen LogP contribution < -0.4 is 0 Å². The van der Waals surface area contributed by atoms with Crippen LogP contribution in [0, 0.1) is 29.2 Å². The average molecular weight is 636 g/mol. The van der Waals surface area contributed by atoms with Crippen LogP contribution in [0.4, 0.5) is 5.69 Å². The Hall–Kier alpha value is -7.39. The summed E-state index contributed by atoms with van der Waals surface area (Å²) in [5.41, 5.74) is 11.2. The fourth-order valence-electron chi connectivity index (χ4n) is 7.45. The third kappa shape index (κ3) is 4.31. The van der Waals surface area contributed by atoms with Gasteiger partial charge in [-0.3, -0.25) is 0 Å². The van der Waals surface area contributed by atoms with E-state index in [1.165, 1.54) is 10.8 Å². The molecule has 7 aromatic carbocycles. The minimum atomic E-state index is 0.547. The van der Waals surface area contributed by atoms with E-state index in [1.807, 2.05) is 72.8 Å². The Morgan fingerprint density at radius 1 is 0.480 bits per heavy atom. The molecule has 2 aromatic heterocycles. The second-order valence-corrected chi connectivity index (χ2v) is 12.3. The standard InChI is InChI=1S/C45H25N5/c1-48-33-21-23-44-40(26-33)39-16-9-11-31(27-46)45(39)49(44)34-12-8-10-29(25-34)35-22-20-30(24-32(35)28-47)36-13-2-5-17-41(36)50-42-18-6-3-14-37(42)38-15-4-7-19-43(38)50/h2-26H. The highest BCUT2D eigenvalue weighted by atomic mass is 15.0. The van der Waals surface area contributed by atoms with Gasteiger partial charge in [0.15, 0.2) is 5.69 Å². The lowest BCUT2D eigenvalue weighted by Gasteiger charge is -2.15. The molecule has 50 heavy (non-hydrogen) atoms. The quantitative estimate of drug-likeness (QED) is 0.181. The highest BCUT2D eigenvalue weighted by molar-refractivity contribution is 6.12. The third-order valence-electron chi connectivity index (χ3n) is 9.61. The molecule has 9 rings (SSSR count). The van der Waals surface area contributed by atoms with Gasteiger partial charge in [-0.05, 0) is 76.7 Å². The Labute approximate surface area is 288 Å². The largest absolute Gasteiger partial charge is 0.309 e. The van der Waals surface area contributed by atoms with Crippen LogP contribution in [0.1, 0.15) is 11.1 Å². The maximum atomic E-state index is 10.5. The number of fused-ring (bicyclic) bond motifs is 6. The van der Waals surface area contributed by atoms with E-state index >= 15 is 0 Å². The summed E-state index contributed by atoms with van der Waals surface area (Å²) < 4.78 is 4.40. The van der Waals surface area contributed by atoms with Gasteiger partial charge in [0, 0.05) is 27.4 Å². The highest BCUT2D eigenvalue weighted by Gasteiger charge is 2.19. The second kappa shape index (κ2) is 11.4. The minimum absolute atomic E-state index is 0.547. The molecule has 0 bridgehead atoms. The summed E-state index contributed by atoms with van der Waals surface area (Å²) in [5, 5.41) is 24.8. The van der Waals surface area contributed by atoms with Gasteiger partial charge in [-0.2, -0.15) is 10.5 Å². The van der Waals surface area contributed by atoms with E-state index in [9.17, 15) is 10.5 Å². The van der Waals surface area contributed by atoms with Gasteiger partial charge < -0.3 is 9.13 Å². The number of aromatic nitrogens is 2. The molecule has 0 atom stereocenters. The first-order chi connectivity index (χ1) is 24.7. The molecule has 0 aliphatic rings. The van der Waals surface area contributed by atoms with E-state index in [4.69, 9.17) is 6.57 Å². The molecule has 0 spiro atoms. The van der Waals surface area contributed by atoms with Crippen molar-refractivity contribution in [2.24, 2.45) is 0 Å². The SMILES string of the molecule is [C-]#[N+]c1ccc2c(c1)c1cccc(C#N)c1n2-c1cccc(-c2ccc(-c3ccccc3-n3c4ccccc4c4ccccc43)cc2C#N)c1. The van der Waals surface area contributed by atoms with Gasteiger partial charge in [0.1, 0.15) is 6.07 Å². The molecule has 2 heterocycles. The molecule has 0 saturated carbocycles. The molecule has 0 amide bonds. The van der Waals surface area contributed by atoms with Gasteiger partial charge in [0.05, 0.1) is 51.5 Å². The molecule has 0 N–H and O–H groups in total. The fraction of sp³-hybridized carbons (Fsp3) is 0. The van der Waals surface area contributed by atoms with Crippen molar-refractivity contribution in [1.82, 2.24) is 9.13 Å². The Kier molecular flexibility index (Phi) is 6.56. The molecule has 0 aliphatic heterocycles. The molecule has 0 saturated heterocycles. The predicted molar refractivity (Wildman–Crippen MR) is 202 cm³/mol. The molecular weight excluding hydrogens is 611 g/mol. The lowest BCUT2D eigenvalue weighted by molar-refractivity contribution is 1.18. The summed E-state index contributed by atoms with van der Waals surface area (Å²) >= 11 is 0. The van der Waals surface area contributed by atoms with E-state index in [0.29, 0.717) is 16.8 Å². The average Bonchev–Trinajstić information content (AvgIpc) is 3.70. The second-order valence-electron chi connectivity index (χ2n) is 12.3. The summed E-state index contributed by atoms with van der Waals surface area (Å²) in [6.07, 6.45) is 0. The van der Waals surface area contributed by atoms with E-state index in [2.05, 4.69) is 105 Å². The minimum Gasteiger partial charge on any atom is -0.309 e. The molecule has 230 valence electrons. The highest BCUT2D eigenvalue weighted by Crippen LogP contribution is 2.39. The van der Waals surface area contributed by atoms with Crippen LogP contribution in [0.25, 0.3) is 82.1 Å². The number of para-hydroxylation sites is 4. The molecule has 0 unspecified atom stereocenters. The molecule has 9 aromatic rings. The number of hydrogen-bond acceptors (Lipinski definition) is 2. The van der Waals surface area contributed by atoms with Crippen LogP contribution in [0.5, 0.6) is 0 Å². The van der Waals surface area contributed by atoms with Gasteiger partial charge in [-0.25, -0.2) is 4.85 Å². The van der Waals surface area contributed by atoms with Crippen molar-refractivity contribution in [3.8, 4) is 45.8 Å². The van der Waals surface area contributed by atoms with Crippen molar-refractivity contribution in [2.75, 3.05) is 0 Å². The maximum Gasteiger partial charge on any atom is 0.188 e. The number of benzene rings is 7. The van der Waals surface area contributed by atoms with Gasteiger partial charge in [-0.15, -0.1) is 0 Å². The topological polar surface area (TPSA) is 61.8 Å². The van der Waals surface area contributed by atoms with Crippen LogP contribution in [-0.2, 0) is 0 Å². The van der Waals surface area contributed by atoms with Crippen molar-refractivity contribution in [3.63, 3.8) is 0 Å². The normalized spacial score (nSPS) is 11.1. The first kappa shape index (κ1) is 28.8. The van der Waals surface area contributed by atoms with Crippen LogP contribution in [0.2, 0.25) is 0 Å². The summed E-state index contributed by atoms with van der Waals surface area (Å²) in [5.74, 6) is 0. The zero-order chi connectivity index (χ0) is 33.8. The zero-order valence-corrected chi connectivity index (χ0v) is 26.7. The van der Waals surface area contributed by atoms with Crippen molar-refractivity contribution in [1.29, 1.82) is 10.5 Å². The Bertz CT molecular complexity index is 2920. The van der Waals surface area contributed by atoms with Gasteiger partial charge in [-0.1, -0.05) is 97.1 Å². The molecular formula is C45H25N5. The number of nitriles is 2. The summed E-state index contributed by atoms with van der Waals surface area (Å²) in [6.45, 7) is 7.56. The van der Waals surface area contributed by atoms with Crippen LogP contribution in [0.3, 0.4) is 0 Å². The van der Waals surface area contributed by atoms with E-state index in [-0.39, 0.29) is 0 Å². The monoisotopic (exact) mass is 635 g/mol. The lowest BCUT2D eigenvalue weighted by atomic mass is 9.94. The molecule has 0 aliphatic carbocycles. The number of hydrogen-bond donors (Lipinski definition) is 0. The summed E-state index contributed by atoms with van der Waals surface area (Å²) in [6, 6.07) is 55.7. The van der Waals surface area contributed by atoms with Gasteiger partial charge >= 0.3 is 0 Å². The predicted octanol–water partition coefficient (Wildman–Crippen LogP) is 11.5. The van der Waals surface area contributed by atoms with Crippen LogP contribution in [0.15, 0.2) is 152 Å². The first-order valence-corrected chi connectivity index (χ1v) is 16.3. The fourth-order valence-corrected chi connectivity index (χ4v) is 7.45. The Morgan fingerprint density at radius 2 is 1.14 bits per heavy atom. The summed E-state index contributed by atoms with van der Waals surface area (Å²) in [7, 11) is 0. The molecule has 5 heteroatoms. The Balaban J connectivity index is 1.20. The first-order valence-electron chi connectivity index (χ1n) is 16.3. The van der Waals surface area contributed by atoms with E-state index in [0.717, 1.165) is 66.5 Å². The number of rotatable bonds is 4. The summed E-state index contributed by atoms with van der Waals surface area (Å²) in [4.78, 5) is 3.64. The molecule has 0 fully saturated rings. The lowest BCUT2D eigenvalue weighted by Crippen LogP contribution is -1.98. The Morgan fingerprint density at radius 3 is 1.90 bits per heavy atom. The van der Waals surface area contributed by atoms with Crippen molar-refractivity contribution < 1.29 is 0 Å². The maximum absolute atomic E-state index is 10.5. The smallest absolute Gasteiger partial charge is 0.188 e. The van der Waals surface area contributed by atoms with E-state index in [1.54, 1.807) is 0 Å². The van der Waals surface area contributed by atoms with Gasteiger partial charge in [0.25, 0.3) is 0 Å². The van der Waals surface area contributed by atoms with Crippen molar-refractivity contribution in [2.45, 2.75) is 0 Å². The number of nitrogens with zero attached hydrogens (tertiary/aromatic N) is 5. The zero-order valence-electron chi connectivity index (χ0n) is 26.7. The van der Waals surface area contributed by atoms with Crippen LogP contribution >= 0.6 is 0 Å². The van der Waals surface area contributed by atoms with Crippen molar-refractivity contribution >= 4 is 49.3 Å². The van der Waals surface area contributed by atoms with E-state index < -0.39 is 0 Å². The van der Waals surface area contributed by atoms with Gasteiger partial charge in [0.2, 0.25) is 0 Å². The molecule has 5 nitrogen and oxygen atoms in total. The van der Waals surface area contributed by atoms with Crippen LogP contribution in [-0.4, -0.2) is 9.13 Å². The molecule has 0 radical (unpaired) electrons. The van der Waals surface area contributed by atoms with Crippen molar-refractivity contribution in [3.05, 3.63) is 174 Å². The third-order valence-corrected chi connectivity index (χ3v) is 9.61.